The highest BCUT2D eigenvalue weighted by molar-refractivity contribution is 5.19. The van der Waals surface area contributed by atoms with Crippen LogP contribution >= 0.6 is 0 Å². The maximum absolute atomic E-state index is 9.30. The molecule has 0 amide bonds. The Morgan fingerprint density at radius 3 is 2.71 bits per heavy atom. The van der Waals surface area contributed by atoms with Gasteiger partial charge in [-0.15, -0.1) is 0 Å². The lowest BCUT2D eigenvalue weighted by Gasteiger charge is -2.14. The lowest BCUT2D eigenvalue weighted by molar-refractivity contribution is 0.194. The lowest BCUT2D eigenvalue weighted by atomic mass is 9.94. The van der Waals surface area contributed by atoms with Gasteiger partial charge in [-0.05, 0) is 43.4 Å². The van der Waals surface area contributed by atoms with Crippen LogP contribution in [0.15, 0.2) is 18.3 Å². The van der Waals surface area contributed by atoms with Gasteiger partial charge in [-0.3, -0.25) is 4.98 Å². The van der Waals surface area contributed by atoms with E-state index in [0.29, 0.717) is 18.9 Å². The van der Waals surface area contributed by atoms with Crippen LogP contribution in [0, 0.1) is 5.92 Å². The predicted molar refractivity (Wildman–Crippen MR) is 68.8 cm³/mol. The Bertz CT molecular complexity index is 344. The molecule has 0 aliphatic heterocycles. The Morgan fingerprint density at radius 1 is 1.47 bits per heavy atom. The zero-order valence-electron chi connectivity index (χ0n) is 10.5. The highest BCUT2D eigenvalue weighted by Gasteiger charge is 2.25. The summed E-state index contributed by atoms with van der Waals surface area (Å²) in [5, 5.41) is 9.30. The maximum Gasteiger partial charge on any atom is 0.0567 e. The van der Waals surface area contributed by atoms with Crippen LogP contribution in [0.1, 0.15) is 43.4 Å². The molecule has 0 saturated heterocycles. The van der Waals surface area contributed by atoms with Crippen molar-refractivity contribution in [1.82, 2.24) is 4.98 Å². The molecule has 0 aromatic carbocycles. The van der Waals surface area contributed by atoms with E-state index in [-0.39, 0.29) is 6.10 Å². The molecule has 1 saturated carbocycles. The van der Waals surface area contributed by atoms with E-state index in [1.54, 1.807) is 6.92 Å². The van der Waals surface area contributed by atoms with Crippen molar-refractivity contribution in [2.24, 2.45) is 11.7 Å². The Labute approximate surface area is 103 Å². The Balaban J connectivity index is 1.99. The molecule has 1 heterocycles. The fourth-order valence-electron chi connectivity index (χ4n) is 2.23. The maximum atomic E-state index is 9.30. The van der Waals surface area contributed by atoms with Crippen molar-refractivity contribution in [1.29, 1.82) is 0 Å². The van der Waals surface area contributed by atoms with Gasteiger partial charge in [-0.2, -0.15) is 0 Å². The molecule has 0 radical (unpaired) electrons. The van der Waals surface area contributed by atoms with Gasteiger partial charge in [0.2, 0.25) is 0 Å². The first-order chi connectivity index (χ1) is 8.19. The second-order valence-corrected chi connectivity index (χ2v) is 5.25. The largest absolute Gasteiger partial charge is 0.393 e. The van der Waals surface area contributed by atoms with E-state index < -0.39 is 0 Å². The molecule has 2 rings (SSSR count). The monoisotopic (exact) mass is 234 g/mol. The van der Waals surface area contributed by atoms with E-state index in [4.69, 9.17) is 5.73 Å². The Morgan fingerprint density at radius 2 is 2.24 bits per heavy atom. The first-order valence-corrected chi connectivity index (χ1v) is 6.52. The van der Waals surface area contributed by atoms with Gasteiger partial charge in [0, 0.05) is 18.3 Å². The minimum atomic E-state index is -0.329. The summed E-state index contributed by atoms with van der Waals surface area (Å²) < 4.78 is 0. The third-order valence-electron chi connectivity index (χ3n) is 3.42. The van der Waals surface area contributed by atoms with Crippen LogP contribution in [-0.2, 0) is 6.42 Å². The molecule has 2 unspecified atom stereocenters. The number of pyridine rings is 1. The van der Waals surface area contributed by atoms with Crippen LogP contribution in [0.4, 0.5) is 0 Å². The van der Waals surface area contributed by atoms with Crippen molar-refractivity contribution in [2.75, 3.05) is 6.54 Å². The minimum Gasteiger partial charge on any atom is -0.393 e. The molecule has 3 nitrogen and oxygen atoms in total. The summed E-state index contributed by atoms with van der Waals surface area (Å²) in [6, 6.07) is 4.13. The summed E-state index contributed by atoms with van der Waals surface area (Å²) in [6.07, 6.45) is 6.15. The summed E-state index contributed by atoms with van der Waals surface area (Å²) in [6.45, 7) is 2.49. The number of rotatable bonds is 6. The van der Waals surface area contributed by atoms with Crippen molar-refractivity contribution >= 4 is 0 Å². The van der Waals surface area contributed by atoms with Gasteiger partial charge < -0.3 is 10.8 Å². The predicted octanol–water partition coefficient (Wildman–Crippen LogP) is 1.85. The average Bonchev–Trinajstić information content (AvgIpc) is 3.10. The van der Waals surface area contributed by atoms with Gasteiger partial charge in [-0.25, -0.2) is 0 Å². The molecule has 1 fully saturated rings. The van der Waals surface area contributed by atoms with E-state index in [1.807, 2.05) is 12.3 Å². The molecule has 0 spiro atoms. The standard InChI is InChI=1S/C14H22N2O/c1-10(17)6-14-5-4-12(9-16-14)13(8-15)7-11-2-3-11/h4-5,9-11,13,17H,2-3,6-8,15H2,1H3. The molecule has 3 N–H and O–H groups in total. The van der Waals surface area contributed by atoms with E-state index >= 15 is 0 Å². The molecule has 2 atom stereocenters. The molecule has 1 aliphatic carbocycles. The SMILES string of the molecule is CC(O)Cc1ccc(C(CN)CC2CC2)cn1. The summed E-state index contributed by atoms with van der Waals surface area (Å²) in [4.78, 5) is 4.40. The molecule has 3 heteroatoms. The van der Waals surface area contributed by atoms with Gasteiger partial charge in [0.1, 0.15) is 0 Å². The number of hydrogen-bond acceptors (Lipinski definition) is 3. The number of aliphatic hydroxyl groups is 1. The quantitative estimate of drug-likeness (QED) is 0.789. The number of nitrogens with two attached hydrogens (primary N) is 1. The zero-order valence-corrected chi connectivity index (χ0v) is 10.5. The molecule has 1 aliphatic rings. The van der Waals surface area contributed by atoms with Crippen molar-refractivity contribution in [3.8, 4) is 0 Å². The van der Waals surface area contributed by atoms with Crippen molar-refractivity contribution < 1.29 is 5.11 Å². The van der Waals surface area contributed by atoms with Gasteiger partial charge in [0.25, 0.3) is 0 Å². The lowest BCUT2D eigenvalue weighted by Crippen LogP contribution is -2.14. The van der Waals surface area contributed by atoms with E-state index in [9.17, 15) is 5.11 Å². The first-order valence-electron chi connectivity index (χ1n) is 6.52. The summed E-state index contributed by atoms with van der Waals surface area (Å²) in [7, 11) is 0. The second kappa shape index (κ2) is 5.61. The molecule has 1 aromatic heterocycles. The fraction of sp³-hybridized carbons (Fsp3) is 0.643. The topological polar surface area (TPSA) is 59.1 Å². The molecule has 94 valence electrons. The smallest absolute Gasteiger partial charge is 0.0567 e. The van der Waals surface area contributed by atoms with E-state index in [0.717, 1.165) is 11.6 Å². The third-order valence-corrected chi connectivity index (χ3v) is 3.42. The first kappa shape index (κ1) is 12.5. The van der Waals surface area contributed by atoms with Gasteiger partial charge in [0.15, 0.2) is 0 Å². The molecule has 17 heavy (non-hydrogen) atoms. The van der Waals surface area contributed by atoms with Crippen molar-refractivity contribution in [3.63, 3.8) is 0 Å². The van der Waals surface area contributed by atoms with Gasteiger partial charge >= 0.3 is 0 Å². The fourth-order valence-corrected chi connectivity index (χ4v) is 2.23. The van der Waals surface area contributed by atoms with Crippen LogP contribution in [0.25, 0.3) is 0 Å². The van der Waals surface area contributed by atoms with Crippen LogP contribution in [0.2, 0.25) is 0 Å². The average molecular weight is 234 g/mol. The Kier molecular flexibility index (Phi) is 4.13. The summed E-state index contributed by atoms with van der Waals surface area (Å²) in [5.41, 5.74) is 8.03. The summed E-state index contributed by atoms with van der Waals surface area (Å²) in [5.74, 6) is 1.34. The summed E-state index contributed by atoms with van der Waals surface area (Å²) >= 11 is 0. The number of hydrogen-bond donors (Lipinski definition) is 2. The highest BCUT2D eigenvalue weighted by atomic mass is 16.3. The van der Waals surface area contributed by atoms with E-state index in [1.165, 1.54) is 24.8 Å². The van der Waals surface area contributed by atoms with Crippen LogP contribution in [-0.4, -0.2) is 22.7 Å². The number of aliphatic hydroxyl groups excluding tert-OH is 1. The van der Waals surface area contributed by atoms with Crippen molar-refractivity contribution in [3.05, 3.63) is 29.6 Å². The van der Waals surface area contributed by atoms with Crippen LogP contribution in [0.3, 0.4) is 0 Å². The van der Waals surface area contributed by atoms with Crippen LogP contribution < -0.4 is 5.73 Å². The third kappa shape index (κ3) is 3.79. The molecule has 0 bridgehead atoms. The minimum absolute atomic E-state index is 0.329. The highest BCUT2D eigenvalue weighted by Crippen LogP contribution is 2.38. The normalized spacial score (nSPS) is 19.0. The van der Waals surface area contributed by atoms with Crippen molar-refractivity contribution in [2.45, 2.75) is 44.6 Å². The van der Waals surface area contributed by atoms with E-state index in [2.05, 4.69) is 11.1 Å². The second-order valence-electron chi connectivity index (χ2n) is 5.25. The number of aromatic nitrogens is 1. The van der Waals surface area contributed by atoms with Gasteiger partial charge in [-0.1, -0.05) is 18.9 Å². The molecular formula is C14H22N2O. The van der Waals surface area contributed by atoms with Crippen LogP contribution in [0.5, 0.6) is 0 Å². The molecule has 1 aromatic rings. The molecular weight excluding hydrogens is 212 g/mol. The zero-order chi connectivity index (χ0) is 12.3. The van der Waals surface area contributed by atoms with Gasteiger partial charge in [0.05, 0.1) is 6.10 Å². The Hall–Kier alpha value is -0.930. The number of nitrogens with zero attached hydrogens (tertiary/aromatic N) is 1.